The first-order valence-corrected chi connectivity index (χ1v) is 8.77. The minimum absolute atomic E-state index is 0.167. The topological polar surface area (TPSA) is 64.4 Å². The molecule has 0 aliphatic carbocycles. The lowest BCUT2D eigenvalue weighted by molar-refractivity contribution is -0.149. The van der Waals surface area contributed by atoms with Gasteiger partial charge in [0.15, 0.2) is 0 Å². The Bertz CT molecular complexity index is 818. The standard InChI is InChI=1S/C19H22FN3O3/c1-3-26-19(25)14-6-5-9-22(12-14)18(24)17-11-21-23(13(17)2)16-8-4-7-15(20)10-16/h4,7-8,10-11,14H,3,5-6,9,12H2,1-2H3/t14-/m1/s1. The first-order valence-electron chi connectivity index (χ1n) is 8.77. The average molecular weight is 359 g/mol. The third-order valence-electron chi connectivity index (χ3n) is 4.62. The molecule has 26 heavy (non-hydrogen) atoms. The van der Waals surface area contributed by atoms with E-state index in [1.807, 2.05) is 0 Å². The second-order valence-corrected chi connectivity index (χ2v) is 6.38. The summed E-state index contributed by atoms with van der Waals surface area (Å²) in [7, 11) is 0. The molecule has 2 aromatic rings. The van der Waals surface area contributed by atoms with Crippen LogP contribution in [0.1, 0.15) is 35.8 Å². The first-order chi connectivity index (χ1) is 12.5. The molecule has 0 radical (unpaired) electrons. The Kier molecular flexibility index (Phi) is 5.35. The summed E-state index contributed by atoms with van der Waals surface area (Å²) in [5, 5.41) is 4.24. The van der Waals surface area contributed by atoms with Crippen molar-refractivity contribution < 1.29 is 18.7 Å². The number of carbonyl (C=O) groups excluding carboxylic acids is 2. The molecule has 0 N–H and O–H groups in total. The Balaban J connectivity index is 1.79. The van der Waals surface area contributed by atoms with Gasteiger partial charge in [0.1, 0.15) is 5.82 Å². The van der Waals surface area contributed by atoms with Crippen LogP contribution in [0.25, 0.3) is 5.69 Å². The van der Waals surface area contributed by atoms with Crippen LogP contribution in [0.3, 0.4) is 0 Å². The van der Waals surface area contributed by atoms with Crippen LogP contribution in [0.4, 0.5) is 4.39 Å². The number of carbonyl (C=O) groups is 2. The maximum absolute atomic E-state index is 13.5. The van der Waals surface area contributed by atoms with E-state index in [1.165, 1.54) is 18.3 Å². The average Bonchev–Trinajstić information content (AvgIpc) is 3.03. The SMILES string of the molecule is CCOC(=O)[C@@H]1CCCN(C(=O)c2cnn(-c3cccc(F)c3)c2C)C1. The van der Waals surface area contributed by atoms with Gasteiger partial charge in [0.25, 0.3) is 5.91 Å². The molecule has 7 heteroatoms. The number of rotatable bonds is 4. The zero-order valence-electron chi connectivity index (χ0n) is 14.9. The van der Waals surface area contributed by atoms with Gasteiger partial charge < -0.3 is 9.64 Å². The van der Waals surface area contributed by atoms with Crippen molar-refractivity contribution in [2.45, 2.75) is 26.7 Å². The summed E-state index contributed by atoms with van der Waals surface area (Å²) < 4.78 is 20.1. The Morgan fingerprint density at radius 2 is 2.19 bits per heavy atom. The highest BCUT2D eigenvalue weighted by Crippen LogP contribution is 2.22. The second-order valence-electron chi connectivity index (χ2n) is 6.38. The number of benzene rings is 1. The van der Waals surface area contributed by atoms with Crippen LogP contribution in [0.5, 0.6) is 0 Å². The van der Waals surface area contributed by atoms with Crippen molar-refractivity contribution in [3.8, 4) is 5.69 Å². The number of ether oxygens (including phenoxy) is 1. The maximum Gasteiger partial charge on any atom is 0.310 e. The van der Waals surface area contributed by atoms with Crippen LogP contribution in [-0.2, 0) is 9.53 Å². The van der Waals surface area contributed by atoms with Crippen molar-refractivity contribution in [3.63, 3.8) is 0 Å². The van der Waals surface area contributed by atoms with Crippen LogP contribution in [-0.4, -0.2) is 46.3 Å². The lowest BCUT2D eigenvalue weighted by atomic mass is 9.97. The molecule has 1 aromatic carbocycles. The molecular weight excluding hydrogens is 337 g/mol. The first kappa shape index (κ1) is 18.1. The lowest BCUT2D eigenvalue weighted by Crippen LogP contribution is -2.43. The van der Waals surface area contributed by atoms with Crippen molar-refractivity contribution in [2.24, 2.45) is 5.92 Å². The fourth-order valence-electron chi connectivity index (χ4n) is 3.27. The smallest absolute Gasteiger partial charge is 0.310 e. The van der Waals surface area contributed by atoms with Crippen molar-refractivity contribution in [2.75, 3.05) is 19.7 Å². The summed E-state index contributed by atoms with van der Waals surface area (Å²) in [6, 6.07) is 6.06. The molecule has 3 rings (SSSR count). The Morgan fingerprint density at radius 1 is 1.38 bits per heavy atom. The summed E-state index contributed by atoms with van der Waals surface area (Å²) in [6.07, 6.45) is 2.98. The number of hydrogen-bond donors (Lipinski definition) is 0. The van der Waals surface area contributed by atoms with Crippen molar-refractivity contribution in [3.05, 3.63) is 47.5 Å². The summed E-state index contributed by atoms with van der Waals surface area (Å²) >= 11 is 0. The van der Waals surface area contributed by atoms with E-state index in [2.05, 4.69) is 5.10 Å². The minimum Gasteiger partial charge on any atom is -0.466 e. The number of likely N-dealkylation sites (tertiary alicyclic amines) is 1. The Morgan fingerprint density at radius 3 is 2.92 bits per heavy atom. The van der Waals surface area contributed by atoms with Gasteiger partial charge >= 0.3 is 5.97 Å². The zero-order chi connectivity index (χ0) is 18.7. The van der Waals surface area contributed by atoms with Crippen molar-refractivity contribution >= 4 is 11.9 Å². The van der Waals surface area contributed by atoms with E-state index in [4.69, 9.17) is 4.74 Å². The largest absolute Gasteiger partial charge is 0.466 e. The second kappa shape index (κ2) is 7.68. The molecule has 138 valence electrons. The highest BCUT2D eigenvalue weighted by Gasteiger charge is 2.31. The predicted octanol–water partition coefficient (Wildman–Crippen LogP) is 2.74. The van der Waals surface area contributed by atoms with Crippen LogP contribution in [0, 0.1) is 18.7 Å². The van der Waals surface area contributed by atoms with E-state index in [1.54, 1.807) is 35.6 Å². The van der Waals surface area contributed by atoms with Crippen LogP contribution in [0.2, 0.25) is 0 Å². The van der Waals surface area contributed by atoms with Gasteiger partial charge in [-0.15, -0.1) is 0 Å². The lowest BCUT2D eigenvalue weighted by Gasteiger charge is -2.31. The number of piperidine rings is 1. The molecule has 1 aromatic heterocycles. The molecule has 0 saturated carbocycles. The summed E-state index contributed by atoms with van der Waals surface area (Å²) in [5.74, 6) is -1.07. The molecule has 1 amide bonds. The van der Waals surface area contributed by atoms with E-state index in [-0.39, 0.29) is 23.6 Å². The van der Waals surface area contributed by atoms with Gasteiger partial charge in [0.2, 0.25) is 0 Å². The van der Waals surface area contributed by atoms with Gasteiger partial charge in [-0.05, 0) is 44.9 Å². The molecule has 1 aliphatic rings. The van der Waals surface area contributed by atoms with Gasteiger partial charge in [0, 0.05) is 13.1 Å². The molecule has 0 unspecified atom stereocenters. The van der Waals surface area contributed by atoms with Crippen molar-refractivity contribution in [1.82, 2.24) is 14.7 Å². The monoisotopic (exact) mass is 359 g/mol. The van der Waals surface area contributed by atoms with E-state index < -0.39 is 0 Å². The molecular formula is C19H22FN3O3. The fourth-order valence-corrected chi connectivity index (χ4v) is 3.27. The molecule has 2 heterocycles. The van der Waals surface area contributed by atoms with Gasteiger partial charge in [-0.3, -0.25) is 9.59 Å². The zero-order valence-corrected chi connectivity index (χ0v) is 14.9. The third-order valence-corrected chi connectivity index (χ3v) is 4.62. The fraction of sp³-hybridized carbons (Fsp3) is 0.421. The third kappa shape index (κ3) is 3.61. The molecule has 1 aliphatic heterocycles. The minimum atomic E-state index is -0.362. The predicted molar refractivity (Wildman–Crippen MR) is 93.5 cm³/mol. The number of halogens is 1. The van der Waals surface area contributed by atoms with E-state index >= 15 is 0 Å². The highest BCUT2D eigenvalue weighted by atomic mass is 19.1. The van der Waals surface area contributed by atoms with E-state index in [0.717, 1.165) is 12.8 Å². The molecule has 6 nitrogen and oxygen atoms in total. The normalized spacial score (nSPS) is 17.2. The molecule has 0 bridgehead atoms. The van der Waals surface area contributed by atoms with Crippen LogP contribution < -0.4 is 0 Å². The van der Waals surface area contributed by atoms with Crippen LogP contribution in [0.15, 0.2) is 30.5 Å². The van der Waals surface area contributed by atoms with Crippen LogP contribution >= 0.6 is 0 Å². The van der Waals surface area contributed by atoms with Crippen molar-refractivity contribution in [1.29, 1.82) is 0 Å². The molecule has 1 atom stereocenters. The number of aromatic nitrogens is 2. The van der Waals surface area contributed by atoms with Gasteiger partial charge in [0.05, 0.1) is 35.7 Å². The summed E-state index contributed by atoms with van der Waals surface area (Å²) in [5.41, 5.74) is 1.65. The van der Waals surface area contributed by atoms with Gasteiger partial charge in [-0.2, -0.15) is 5.10 Å². The van der Waals surface area contributed by atoms with E-state index in [9.17, 15) is 14.0 Å². The maximum atomic E-state index is 13.5. The quantitative estimate of drug-likeness (QED) is 0.788. The summed E-state index contributed by atoms with van der Waals surface area (Å²) in [4.78, 5) is 26.6. The molecule has 0 spiro atoms. The Hall–Kier alpha value is -2.70. The number of esters is 1. The molecule has 1 fully saturated rings. The Labute approximate surface area is 151 Å². The van der Waals surface area contributed by atoms with Gasteiger partial charge in [-0.1, -0.05) is 6.07 Å². The van der Waals surface area contributed by atoms with Gasteiger partial charge in [-0.25, -0.2) is 9.07 Å². The number of hydrogen-bond acceptors (Lipinski definition) is 4. The highest BCUT2D eigenvalue weighted by molar-refractivity contribution is 5.95. The number of amides is 1. The van der Waals surface area contributed by atoms with E-state index in [0.29, 0.717) is 36.6 Å². The summed E-state index contributed by atoms with van der Waals surface area (Å²) in [6.45, 7) is 4.83. The molecule has 1 saturated heterocycles. The number of nitrogens with zero attached hydrogens (tertiary/aromatic N) is 3.